The van der Waals surface area contributed by atoms with E-state index in [0.717, 1.165) is 49.2 Å². The van der Waals surface area contributed by atoms with Crippen LogP contribution in [0.15, 0.2) is 42.6 Å². The van der Waals surface area contributed by atoms with Crippen molar-refractivity contribution in [2.45, 2.75) is 77.5 Å². The largest absolute Gasteiger partial charge is 0.376 e. The number of carbonyl (C=O) groups is 2. The summed E-state index contributed by atoms with van der Waals surface area (Å²) in [5.41, 5.74) is 2.92. The summed E-state index contributed by atoms with van der Waals surface area (Å²) in [4.78, 5) is 31.6. The van der Waals surface area contributed by atoms with Crippen LogP contribution in [0.4, 0.5) is 5.69 Å². The summed E-state index contributed by atoms with van der Waals surface area (Å²) < 4.78 is 8.35. The minimum atomic E-state index is -0.267. The Labute approximate surface area is 270 Å². The number of rotatable bonds is 8. The topological polar surface area (TPSA) is 66.8 Å². The van der Waals surface area contributed by atoms with Crippen molar-refractivity contribution in [2.24, 2.45) is 18.4 Å². The van der Waals surface area contributed by atoms with E-state index in [4.69, 9.17) is 27.9 Å². The fourth-order valence-corrected chi connectivity index (χ4v) is 7.83. The zero-order valence-electron chi connectivity index (χ0n) is 26.2. The lowest BCUT2D eigenvalue weighted by Crippen LogP contribution is -2.57. The van der Waals surface area contributed by atoms with Gasteiger partial charge >= 0.3 is 0 Å². The third-order valence-corrected chi connectivity index (χ3v) is 10.5. The number of fused-ring (bicyclic) bond motifs is 1. The predicted octanol–water partition coefficient (Wildman–Crippen LogP) is 7.19. The van der Waals surface area contributed by atoms with Crippen molar-refractivity contribution in [3.8, 4) is 0 Å². The number of hydrogen-bond acceptors (Lipinski definition) is 4. The molecule has 9 heteroatoms. The molecule has 0 bridgehead atoms. The van der Waals surface area contributed by atoms with Crippen LogP contribution in [0.2, 0.25) is 10.0 Å². The number of carbonyl (C=O) groups excluding carboxylic acids is 2. The van der Waals surface area contributed by atoms with Gasteiger partial charge in [0.1, 0.15) is 0 Å². The molecule has 3 fully saturated rings. The van der Waals surface area contributed by atoms with Crippen LogP contribution in [0.25, 0.3) is 10.9 Å². The monoisotopic (exact) mass is 638 g/mol. The zero-order chi connectivity index (χ0) is 31.2. The van der Waals surface area contributed by atoms with Crippen molar-refractivity contribution in [2.75, 3.05) is 31.6 Å². The molecular formula is C35H44Cl2N4O3. The van der Waals surface area contributed by atoms with E-state index in [1.165, 1.54) is 12.8 Å². The lowest BCUT2D eigenvalue weighted by Gasteiger charge is -2.49. The Bertz CT molecular complexity index is 1540. The molecule has 0 unspecified atom stereocenters. The normalized spacial score (nSPS) is 25.3. The van der Waals surface area contributed by atoms with Crippen LogP contribution in [0, 0.1) is 11.3 Å². The second-order valence-corrected chi connectivity index (χ2v) is 14.9. The molecule has 3 heterocycles. The van der Waals surface area contributed by atoms with Crippen LogP contribution in [-0.2, 0) is 23.0 Å². The van der Waals surface area contributed by atoms with Gasteiger partial charge < -0.3 is 19.5 Å². The average molecular weight is 640 g/mol. The molecular weight excluding hydrogens is 595 g/mol. The van der Waals surface area contributed by atoms with Crippen LogP contribution in [0.1, 0.15) is 68.8 Å². The number of nitrogens with one attached hydrogen (secondary N) is 1. The maximum Gasteiger partial charge on any atom is 0.257 e. The highest BCUT2D eigenvalue weighted by Gasteiger charge is 2.44. The lowest BCUT2D eigenvalue weighted by atomic mass is 9.83. The van der Waals surface area contributed by atoms with Crippen LogP contribution in [0.3, 0.4) is 0 Å². The number of aromatic nitrogens is 1. The Morgan fingerprint density at radius 3 is 2.50 bits per heavy atom. The van der Waals surface area contributed by atoms with Crippen LogP contribution in [0.5, 0.6) is 0 Å². The van der Waals surface area contributed by atoms with Gasteiger partial charge in [0.05, 0.1) is 41.4 Å². The van der Waals surface area contributed by atoms with E-state index in [2.05, 4.69) is 31.0 Å². The van der Waals surface area contributed by atoms with Crippen molar-refractivity contribution >= 4 is 51.6 Å². The van der Waals surface area contributed by atoms with Crippen molar-refractivity contribution in [3.63, 3.8) is 0 Å². The highest BCUT2D eigenvalue weighted by molar-refractivity contribution is 6.36. The van der Waals surface area contributed by atoms with Gasteiger partial charge in [-0.3, -0.25) is 14.5 Å². The molecule has 3 aliphatic rings. The number of aryl methyl sites for hydroxylation is 1. The Morgan fingerprint density at radius 2 is 1.77 bits per heavy atom. The maximum absolute atomic E-state index is 13.8. The quantitative estimate of drug-likeness (QED) is 0.284. The summed E-state index contributed by atoms with van der Waals surface area (Å²) in [5.74, 6) is 0.535. The number of amides is 2. The highest BCUT2D eigenvalue weighted by atomic mass is 35.5. The van der Waals surface area contributed by atoms with Gasteiger partial charge in [0.15, 0.2) is 0 Å². The molecule has 236 valence electrons. The molecule has 3 aromatic rings. The van der Waals surface area contributed by atoms with Gasteiger partial charge in [-0.1, -0.05) is 62.2 Å². The number of likely N-dealkylation sites (tertiary alicyclic amines) is 2. The van der Waals surface area contributed by atoms with E-state index in [0.29, 0.717) is 51.5 Å². The minimum absolute atomic E-state index is 0.0312. The van der Waals surface area contributed by atoms with Gasteiger partial charge in [0, 0.05) is 54.8 Å². The summed E-state index contributed by atoms with van der Waals surface area (Å²) in [6.07, 6.45) is 7.79. The summed E-state index contributed by atoms with van der Waals surface area (Å²) in [5, 5.41) is 4.53. The molecule has 2 aliphatic heterocycles. The van der Waals surface area contributed by atoms with Crippen molar-refractivity contribution in [3.05, 3.63) is 63.8 Å². The van der Waals surface area contributed by atoms with E-state index in [1.807, 2.05) is 47.0 Å². The van der Waals surface area contributed by atoms with Gasteiger partial charge in [0.2, 0.25) is 5.91 Å². The van der Waals surface area contributed by atoms with E-state index in [-0.39, 0.29) is 30.4 Å². The van der Waals surface area contributed by atoms with E-state index in [1.54, 1.807) is 12.1 Å². The van der Waals surface area contributed by atoms with Crippen molar-refractivity contribution in [1.82, 2.24) is 14.4 Å². The van der Waals surface area contributed by atoms with E-state index < -0.39 is 0 Å². The second kappa shape index (κ2) is 12.7. The first-order valence-electron chi connectivity index (χ1n) is 16.0. The number of anilines is 1. The molecule has 0 spiro atoms. The van der Waals surface area contributed by atoms with Crippen LogP contribution in [-0.4, -0.2) is 70.6 Å². The van der Waals surface area contributed by atoms with Gasteiger partial charge in [-0.25, -0.2) is 0 Å². The number of benzene rings is 2. The number of nitrogens with zero attached hydrogens (tertiary/aromatic N) is 3. The van der Waals surface area contributed by atoms with Gasteiger partial charge in [-0.15, -0.1) is 0 Å². The molecule has 2 saturated heterocycles. The Hall–Kier alpha value is -2.58. The van der Waals surface area contributed by atoms with Crippen molar-refractivity contribution < 1.29 is 14.3 Å². The van der Waals surface area contributed by atoms with Gasteiger partial charge in [0.25, 0.3) is 5.91 Å². The second-order valence-electron chi connectivity index (χ2n) is 14.1. The Morgan fingerprint density at radius 1 is 1.05 bits per heavy atom. The number of para-hydroxylation sites is 1. The minimum Gasteiger partial charge on any atom is -0.376 e. The first-order chi connectivity index (χ1) is 21.0. The molecule has 2 atom stereocenters. The molecule has 1 N–H and O–H groups in total. The predicted molar refractivity (Wildman–Crippen MR) is 178 cm³/mol. The fraction of sp³-hybridized carbons (Fsp3) is 0.543. The zero-order valence-corrected chi connectivity index (χ0v) is 27.8. The molecule has 44 heavy (non-hydrogen) atoms. The van der Waals surface area contributed by atoms with Gasteiger partial charge in [-0.2, -0.15) is 0 Å². The summed E-state index contributed by atoms with van der Waals surface area (Å²) >= 11 is 13.4. The fourth-order valence-electron chi connectivity index (χ4n) is 7.37. The molecule has 2 aromatic carbocycles. The summed E-state index contributed by atoms with van der Waals surface area (Å²) in [6, 6.07) is 11.5. The number of halogens is 2. The smallest absolute Gasteiger partial charge is 0.257 e. The van der Waals surface area contributed by atoms with E-state index in [9.17, 15) is 9.59 Å². The van der Waals surface area contributed by atoms with Gasteiger partial charge in [-0.05, 0) is 67.2 Å². The molecule has 1 saturated carbocycles. The van der Waals surface area contributed by atoms with Crippen LogP contribution < -0.4 is 5.32 Å². The number of ether oxygens (including phenoxy) is 1. The molecule has 7 nitrogen and oxygen atoms in total. The third-order valence-electron chi connectivity index (χ3n) is 9.85. The lowest BCUT2D eigenvalue weighted by molar-refractivity contribution is -0.133. The highest BCUT2D eigenvalue weighted by Crippen LogP contribution is 2.36. The third kappa shape index (κ3) is 6.67. The standard InChI is InChI=1S/C35H44Cl2N4O3/c1-22-9-11-26(12-10-22)44-19-25-15-24(40-20-35(2,3)21-40)17-41(25)33(42)14-23-13-30(37)31(16-29(23)36)38-34(43)28-18-39(4)32-8-6-5-7-27(28)32/h5-8,13,16,18,22,24-26H,9-12,14-15,17,19-21H2,1-4H3,(H,38,43)/t22-,24-,25-,26-/m0/s1. The summed E-state index contributed by atoms with van der Waals surface area (Å²) in [7, 11) is 1.91. The Balaban J connectivity index is 1.14. The maximum atomic E-state index is 13.8. The molecule has 1 aromatic heterocycles. The SMILES string of the molecule is Cn1cc(C(=O)Nc2cc(Cl)c(CC(=O)N3C[C@@H](N4CC(C)(C)C4)C[C@H]3CO[C@H]3CC[C@H](C)CC3)cc2Cl)c2ccccc21. The average Bonchev–Trinajstić information content (AvgIpc) is 3.55. The number of hydrogen-bond donors (Lipinski definition) is 1. The summed E-state index contributed by atoms with van der Waals surface area (Å²) in [6.45, 7) is 10.3. The molecule has 2 amide bonds. The first kappa shape index (κ1) is 31.4. The Kier molecular flexibility index (Phi) is 9.04. The van der Waals surface area contributed by atoms with E-state index >= 15 is 0 Å². The molecule has 0 radical (unpaired) electrons. The van der Waals surface area contributed by atoms with Crippen LogP contribution >= 0.6 is 23.2 Å². The van der Waals surface area contributed by atoms with Crippen molar-refractivity contribution in [1.29, 1.82) is 0 Å². The first-order valence-corrected chi connectivity index (χ1v) is 16.7. The molecule has 6 rings (SSSR count). The molecule has 1 aliphatic carbocycles.